The van der Waals surface area contributed by atoms with Crippen LogP contribution in [-0.4, -0.2) is 12.1 Å². The molecule has 6 rings (SSSR count). The topological polar surface area (TPSA) is 30.5 Å². The first-order valence-electron chi connectivity index (χ1n) is 12.2. The van der Waals surface area contributed by atoms with Gasteiger partial charge in [-0.25, -0.2) is 0 Å². The highest BCUT2D eigenvalue weighted by Gasteiger charge is 2.59. The molecule has 0 spiro atoms. The highest BCUT2D eigenvalue weighted by molar-refractivity contribution is 6.30. The molecule has 0 aliphatic heterocycles. The summed E-state index contributed by atoms with van der Waals surface area (Å²) in [6, 6.07) is 14.2. The number of rotatable bonds is 8. The van der Waals surface area contributed by atoms with E-state index in [1.165, 1.54) is 44.1 Å². The monoisotopic (exact) mass is 453 g/mol. The van der Waals surface area contributed by atoms with E-state index in [9.17, 15) is 0 Å². The Morgan fingerprint density at radius 3 is 2.38 bits per heavy atom. The summed E-state index contributed by atoms with van der Waals surface area (Å²) in [4.78, 5) is 0. The minimum atomic E-state index is 0.302. The zero-order chi connectivity index (χ0) is 22.4. The van der Waals surface area contributed by atoms with E-state index >= 15 is 0 Å². The molecule has 0 aromatic heterocycles. The number of nitrogens with one attached hydrogen (secondary N) is 1. The van der Waals surface area contributed by atoms with E-state index in [1.54, 1.807) is 0 Å². The second-order valence-corrected chi connectivity index (χ2v) is 11.8. The van der Waals surface area contributed by atoms with E-state index in [0.717, 1.165) is 34.5 Å². The summed E-state index contributed by atoms with van der Waals surface area (Å²) < 4.78 is 12.0. The molecule has 2 atom stereocenters. The molecule has 172 valence electrons. The van der Waals surface area contributed by atoms with Crippen molar-refractivity contribution in [3.8, 4) is 11.5 Å². The zero-order valence-corrected chi connectivity index (χ0v) is 20.4. The van der Waals surface area contributed by atoms with Crippen molar-refractivity contribution in [3.05, 3.63) is 58.6 Å². The highest BCUT2D eigenvalue weighted by atomic mass is 35.5. The van der Waals surface area contributed by atoms with Crippen LogP contribution in [0.4, 0.5) is 0 Å². The van der Waals surface area contributed by atoms with Crippen molar-refractivity contribution in [1.29, 1.82) is 0 Å². The van der Waals surface area contributed by atoms with Gasteiger partial charge in [-0.3, -0.25) is 0 Å². The maximum atomic E-state index is 6.11. The quantitative estimate of drug-likeness (QED) is 0.460. The van der Waals surface area contributed by atoms with Crippen LogP contribution >= 0.6 is 11.6 Å². The van der Waals surface area contributed by atoms with Gasteiger partial charge in [0, 0.05) is 17.1 Å². The van der Waals surface area contributed by atoms with Crippen LogP contribution in [-0.2, 0) is 13.2 Å². The molecule has 32 heavy (non-hydrogen) atoms. The molecular weight excluding hydrogens is 418 g/mol. The summed E-state index contributed by atoms with van der Waals surface area (Å²) in [5.74, 6) is 2.50. The number of hydrogen-bond acceptors (Lipinski definition) is 3. The third-order valence-electron chi connectivity index (χ3n) is 7.89. The molecule has 4 fully saturated rings. The second kappa shape index (κ2) is 8.25. The summed E-state index contributed by atoms with van der Waals surface area (Å²) >= 11 is 6.11. The largest absolute Gasteiger partial charge is 0.490 e. The van der Waals surface area contributed by atoms with Crippen molar-refractivity contribution < 1.29 is 9.47 Å². The molecule has 0 heterocycles. The van der Waals surface area contributed by atoms with E-state index in [0.29, 0.717) is 29.6 Å². The molecule has 4 bridgehead atoms. The Morgan fingerprint density at radius 2 is 1.69 bits per heavy atom. The summed E-state index contributed by atoms with van der Waals surface area (Å²) in [6.45, 7) is 9.06. The van der Waals surface area contributed by atoms with Crippen molar-refractivity contribution in [2.75, 3.05) is 6.61 Å². The molecule has 3 nitrogen and oxygen atoms in total. The fourth-order valence-corrected chi connectivity index (χ4v) is 7.99. The lowest BCUT2D eigenvalue weighted by Gasteiger charge is -2.65. The van der Waals surface area contributed by atoms with Gasteiger partial charge in [0.2, 0.25) is 0 Å². The normalized spacial score (nSPS) is 32.8. The lowest BCUT2D eigenvalue weighted by atomic mass is 9.43. The van der Waals surface area contributed by atoms with Crippen LogP contribution in [0.1, 0.15) is 70.4 Å². The maximum absolute atomic E-state index is 6.11. The predicted molar refractivity (Wildman–Crippen MR) is 130 cm³/mol. The van der Waals surface area contributed by atoms with E-state index in [-0.39, 0.29) is 0 Å². The van der Waals surface area contributed by atoms with Gasteiger partial charge in [0.25, 0.3) is 0 Å². The minimum Gasteiger partial charge on any atom is -0.490 e. The molecule has 0 saturated heterocycles. The van der Waals surface area contributed by atoms with E-state index in [1.807, 2.05) is 31.2 Å². The summed E-state index contributed by atoms with van der Waals surface area (Å²) in [6.07, 6.45) is 8.26. The average Bonchev–Trinajstić information content (AvgIpc) is 2.69. The minimum absolute atomic E-state index is 0.302. The SMILES string of the molecule is CCOc1cc(CNC23CC4CC(C)(CC(C)(C4)C2)C3)ccc1OCc1cccc(Cl)c1. The van der Waals surface area contributed by atoms with Gasteiger partial charge in [-0.2, -0.15) is 0 Å². The lowest BCUT2D eigenvalue weighted by Crippen LogP contribution is -2.63. The average molecular weight is 454 g/mol. The fourth-order valence-electron chi connectivity index (χ4n) is 7.77. The van der Waals surface area contributed by atoms with E-state index < -0.39 is 0 Å². The number of halogens is 1. The van der Waals surface area contributed by atoms with Crippen LogP contribution in [0.15, 0.2) is 42.5 Å². The molecule has 4 heteroatoms. The molecule has 4 aliphatic carbocycles. The second-order valence-electron chi connectivity index (χ2n) is 11.4. The summed E-state index contributed by atoms with van der Waals surface area (Å²) in [5.41, 5.74) is 3.66. The van der Waals surface area contributed by atoms with Gasteiger partial charge in [0.1, 0.15) is 6.61 Å². The van der Waals surface area contributed by atoms with Gasteiger partial charge in [-0.1, -0.05) is 43.6 Å². The maximum Gasteiger partial charge on any atom is 0.161 e. The number of benzene rings is 2. The van der Waals surface area contributed by atoms with Crippen LogP contribution in [0.25, 0.3) is 0 Å². The van der Waals surface area contributed by atoms with Crippen LogP contribution in [0.2, 0.25) is 5.02 Å². The Morgan fingerprint density at radius 1 is 0.906 bits per heavy atom. The number of ether oxygens (including phenoxy) is 2. The molecule has 1 N–H and O–H groups in total. The van der Waals surface area contributed by atoms with E-state index in [2.05, 4.69) is 37.4 Å². The van der Waals surface area contributed by atoms with Crippen molar-refractivity contribution in [1.82, 2.24) is 5.32 Å². The van der Waals surface area contributed by atoms with Crippen molar-refractivity contribution in [2.45, 2.75) is 78.0 Å². The molecule has 0 radical (unpaired) electrons. The Balaban J connectivity index is 1.28. The van der Waals surface area contributed by atoms with Crippen molar-refractivity contribution in [3.63, 3.8) is 0 Å². The fraction of sp³-hybridized carbons (Fsp3) is 0.571. The Kier molecular flexibility index (Phi) is 5.70. The molecule has 4 aliphatic rings. The van der Waals surface area contributed by atoms with Crippen LogP contribution < -0.4 is 14.8 Å². The summed E-state index contributed by atoms with van der Waals surface area (Å²) in [5, 5.41) is 4.76. The van der Waals surface area contributed by atoms with Gasteiger partial charge in [0.15, 0.2) is 11.5 Å². The van der Waals surface area contributed by atoms with Crippen LogP contribution in [0.5, 0.6) is 11.5 Å². The first-order valence-corrected chi connectivity index (χ1v) is 12.5. The van der Waals surface area contributed by atoms with Crippen molar-refractivity contribution >= 4 is 11.6 Å². The van der Waals surface area contributed by atoms with Crippen LogP contribution in [0.3, 0.4) is 0 Å². The molecule has 2 unspecified atom stereocenters. The summed E-state index contributed by atoms with van der Waals surface area (Å²) in [7, 11) is 0. The number of hydrogen-bond donors (Lipinski definition) is 1. The van der Waals surface area contributed by atoms with Gasteiger partial charge in [-0.15, -0.1) is 0 Å². The molecule has 2 aromatic carbocycles. The van der Waals surface area contributed by atoms with E-state index in [4.69, 9.17) is 21.1 Å². The highest BCUT2D eigenvalue weighted by Crippen LogP contribution is 2.66. The smallest absolute Gasteiger partial charge is 0.161 e. The molecule has 2 aromatic rings. The van der Waals surface area contributed by atoms with Crippen molar-refractivity contribution in [2.24, 2.45) is 16.7 Å². The molecule has 4 saturated carbocycles. The van der Waals surface area contributed by atoms with Gasteiger partial charge < -0.3 is 14.8 Å². The Hall–Kier alpha value is -1.71. The first kappa shape index (κ1) is 22.1. The zero-order valence-electron chi connectivity index (χ0n) is 19.7. The Labute approximate surface area is 197 Å². The molecular formula is C28H36ClNO2. The first-order chi connectivity index (χ1) is 15.3. The standard InChI is InChI=1S/C28H36ClNO2/c1-4-31-25-11-20(8-9-24(25)32-16-21-6-5-7-23(29)10-21)15-30-28-14-22-12-26(2,18-28)17-27(3,13-22)19-28/h5-11,22,30H,4,12-19H2,1-3H3. The third kappa shape index (κ3) is 4.52. The van der Waals surface area contributed by atoms with Crippen LogP contribution in [0, 0.1) is 16.7 Å². The van der Waals surface area contributed by atoms with Gasteiger partial charge >= 0.3 is 0 Å². The van der Waals surface area contributed by atoms with Gasteiger partial charge in [0.05, 0.1) is 6.61 Å². The lowest BCUT2D eigenvalue weighted by molar-refractivity contribution is -0.118. The molecule has 0 amide bonds. The van der Waals surface area contributed by atoms with Gasteiger partial charge in [-0.05, 0) is 97.6 Å². The predicted octanol–water partition coefficient (Wildman–Crippen LogP) is 7.16. The Bertz CT molecular complexity index is 971. The third-order valence-corrected chi connectivity index (χ3v) is 8.12.